The van der Waals surface area contributed by atoms with E-state index in [1.807, 2.05) is 0 Å². The van der Waals surface area contributed by atoms with Crippen molar-refractivity contribution in [2.45, 2.75) is 0 Å². The van der Waals surface area contributed by atoms with Crippen molar-refractivity contribution >= 4 is 18.5 Å². The van der Waals surface area contributed by atoms with Gasteiger partial charge in [0.2, 0.25) is 0 Å². The second kappa shape index (κ2) is 29.2. The summed E-state index contributed by atoms with van der Waals surface area (Å²) in [6, 6.07) is 0. The summed E-state index contributed by atoms with van der Waals surface area (Å²) in [6.07, 6.45) is -7.00. The molecule has 0 saturated heterocycles. The fourth-order valence-corrected chi connectivity index (χ4v) is 0. The molecule has 0 aromatic carbocycles. The molecule has 0 bridgehead atoms. The van der Waals surface area contributed by atoms with Gasteiger partial charge < -0.3 is 45.0 Å². The third-order valence-electron chi connectivity index (χ3n) is 0. The van der Waals surface area contributed by atoms with E-state index in [0.29, 0.717) is 0 Å². The van der Waals surface area contributed by atoms with E-state index in [2.05, 4.69) is 0 Å². The third-order valence-corrected chi connectivity index (χ3v) is 0. The summed E-state index contributed by atoms with van der Waals surface area (Å²) in [4.78, 5) is 25.0. The number of rotatable bonds is 0. The molecule has 0 aliphatic heterocycles. The molecule has 0 amide bonds. The van der Waals surface area contributed by atoms with Gasteiger partial charge >= 0.3 is 49.8 Å². The molecule has 0 aliphatic carbocycles. The molecule has 0 atom stereocenters. The normalized spacial score (nSPS) is 4.80. The predicted octanol–water partition coefficient (Wildman–Crippen LogP) is -7.35. The number of carboxylic acid groups (broad SMARTS) is 6. The average molecular weight is 356 g/mol. The first kappa shape index (κ1) is 36.7. The Morgan fingerprint density at radius 1 is 0.533 bits per heavy atom. The smallest absolute Gasteiger partial charge is 0.652 e. The molecular formula is C3CoNi2O9. The van der Waals surface area contributed by atoms with Gasteiger partial charge in [-0.25, -0.2) is 0 Å². The number of hydrogen-bond acceptors (Lipinski definition) is 9. The van der Waals surface area contributed by atoms with Crippen LogP contribution in [0.25, 0.3) is 0 Å². The number of carbonyl (C=O) groups is 3. The third kappa shape index (κ3) is 3500. The topological polar surface area (TPSA) is 190 Å². The molecule has 0 unspecified atom stereocenters. The Morgan fingerprint density at radius 3 is 0.533 bits per heavy atom. The maximum atomic E-state index is 8.33. The molecule has 0 spiro atoms. The van der Waals surface area contributed by atoms with Gasteiger partial charge in [-0.2, -0.15) is 0 Å². The van der Waals surface area contributed by atoms with Gasteiger partial charge in [-0.1, -0.05) is 0 Å². The molecule has 0 saturated carbocycles. The van der Waals surface area contributed by atoms with Gasteiger partial charge in [-0.15, -0.1) is 0 Å². The summed E-state index contributed by atoms with van der Waals surface area (Å²) in [5.74, 6) is 0. The molecule has 0 N–H and O–H groups in total. The summed E-state index contributed by atoms with van der Waals surface area (Å²) in [5, 5.41) is 50.0. The first-order chi connectivity index (χ1) is 5.20. The van der Waals surface area contributed by atoms with E-state index in [1.165, 1.54) is 0 Å². The van der Waals surface area contributed by atoms with Crippen LogP contribution in [0.3, 0.4) is 0 Å². The zero-order chi connectivity index (χ0) is 10.7. The van der Waals surface area contributed by atoms with E-state index in [0.717, 1.165) is 0 Å². The van der Waals surface area contributed by atoms with Crippen molar-refractivity contribution in [3.05, 3.63) is 0 Å². The first-order valence-electron chi connectivity index (χ1n) is 1.84. The van der Waals surface area contributed by atoms with E-state index in [1.54, 1.807) is 0 Å². The predicted molar refractivity (Wildman–Crippen MR) is 16.2 cm³/mol. The Bertz CT molecular complexity index is 121. The van der Waals surface area contributed by atoms with Crippen molar-refractivity contribution in [2.24, 2.45) is 0 Å². The molecular weight excluding hydrogens is 356 g/mol. The zero-order valence-corrected chi connectivity index (χ0v) is 9.16. The fraction of sp³-hybridized carbons (Fsp3) is 0. The molecule has 0 fully saturated rings. The summed E-state index contributed by atoms with van der Waals surface area (Å²) in [6.45, 7) is 0. The van der Waals surface area contributed by atoms with Crippen molar-refractivity contribution in [3.8, 4) is 0 Å². The van der Waals surface area contributed by atoms with Crippen LogP contribution in [-0.2, 0) is 49.8 Å². The molecule has 95 valence electrons. The molecule has 9 nitrogen and oxygen atoms in total. The van der Waals surface area contributed by atoms with E-state index in [9.17, 15) is 0 Å². The van der Waals surface area contributed by atoms with Crippen molar-refractivity contribution < 1.29 is 94.8 Å². The second-order valence-electron chi connectivity index (χ2n) is 0.750. The van der Waals surface area contributed by atoms with E-state index in [-0.39, 0.29) is 49.8 Å². The second-order valence-corrected chi connectivity index (χ2v) is 0.750. The Kier molecular flexibility index (Phi) is 71.5. The van der Waals surface area contributed by atoms with Crippen LogP contribution in [0.5, 0.6) is 0 Å². The standard InChI is InChI=1S/3CH2O3.Co.2Ni/c3*2-1(3)4;;;/h3*(H2,2,3,4);;;/q;;;3*+2/p-6. The minimum Gasteiger partial charge on any atom is -0.652 e. The quantitative estimate of drug-likeness (QED) is 0.379. The fourth-order valence-electron chi connectivity index (χ4n) is 0. The molecule has 0 rings (SSSR count). The SMILES string of the molecule is O=C([O-])[O-].O=C([O-])[O-].O=C([O-])[O-].[Co+2].[Ni+2].[Ni+2]. The van der Waals surface area contributed by atoms with Crippen molar-refractivity contribution in [3.63, 3.8) is 0 Å². The van der Waals surface area contributed by atoms with E-state index >= 15 is 0 Å². The first-order valence-corrected chi connectivity index (χ1v) is 1.84. The zero-order valence-electron chi connectivity index (χ0n) is 6.14. The minimum absolute atomic E-state index is 0. The van der Waals surface area contributed by atoms with Crippen molar-refractivity contribution in [2.75, 3.05) is 0 Å². The van der Waals surface area contributed by atoms with Gasteiger partial charge in [-0.05, 0) is 18.5 Å². The van der Waals surface area contributed by atoms with E-state index in [4.69, 9.17) is 45.0 Å². The Morgan fingerprint density at radius 2 is 0.533 bits per heavy atom. The van der Waals surface area contributed by atoms with Gasteiger partial charge in [0.1, 0.15) is 0 Å². The van der Waals surface area contributed by atoms with Crippen LogP contribution in [0, 0.1) is 0 Å². The van der Waals surface area contributed by atoms with Crippen LogP contribution in [-0.4, -0.2) is 18.5 Å². The minimum atomic E-state index is -2.33. The van der Waals surface area contributed by atoms with Crippen LogP contribution in [0.2, 0.25) is 0 Å². The van der Waals surface area contributed by atoms with Gasteiger partial charge in [0.15, 0.2) is 0 Å². The van der Waals surface area contributed by atoms with Gasteiger partial charge in [-0.3, -0.25) is 0 Å². The molecule has 1 radical (unpaired) electrons. The summed E-state index contributed by atoms with van der Waals surface area (Å²) in [7, 11) is 0. The van der Waals surface area contributed by atoms with Crippen LogP contribution in [0.15, 0.2) is 0 Å². The molecule has 0 aliphatic rings. The van der Waals surface area contributed by atoms with Crippen molar-refractivity contribution in [1.82, 2.24) is 0 Å². The van der Waals surface area contributed by atoms with Crippen molar-refractivity contribution in [1.29, 1.82) is 0 Å². The Labute approximate surface area is 113 Å². The van der Waals surface area contributed by atoms with Gasteiger partial charge in [0.05, 0.1) is 0 Å². The van der Waals surface area contributed by atoms with Crippen LogP contribution < -0.4 is 30.6 Å². The molecule has 0 heterocycles. The number of hydrogen-bond donors (Lipinski definition) is 0. The van der Waals surface area contributed by atoms with Gasteiger partial charge in [0.25, 0.3) is 0 Å². The summed E-state index contributed by atoms with van der Waals surface area (Å²) >= 11 is 0. The van der Waals surface area contributed by atoms with Crippen LogP contribution >= 0.6 is 0 Å². The Balaban J connectivity index is -0.0000000184. The van der Waals surface area contributed by atoms with Crippen LogP contribution in [0.4, 0.5) is 14.4 Å². The average Bonchev–Trinajstić information content (AvgIpc) is 1.54. The monoisotopic (exact) mass is 355 g/mol. The van der Waals surface area contributed by atoms with Gasteiger partial charge in [0, 0.05) is 0 Å². The summed E-state index contributed by atoms with van der Waals surface area (Å²) < 4.78 is 0. The largest absolute Gasteiger partial charge is 2.00 e. The molecule has 0 aromatic rings. The maximum absolute atomic E-state index is 8.33. The molecule has 12 heteroatoms. The summed E-state index contributed by atoms with van der Waals surface area (Å²) in [5.41, 5.74) is 0. The molecule has 15 heavy (non-hydrogen) atoms. The van der Waals surface area contributed by atoms with E-state index < -0.39 is 18.5 Å². The number of carbonyl (C=O) groups excluding carboxylic acids is 3. The van der Waals surface area contributed by atoms with Crippen LogP contribution in [0.1, 0.15) is 0 Å². The maximum Gasteiger partial charge on any atom is 2.00 e. The molecule has 0 aromatic heterocycles. The Hall–Kier alpha value is -0.696.